The maximum Gasteiger partial charge on any atom is 0.325 e. The second-order valence-corrected chi connectivity index (χ2v) is 11.6. The zero-order valence-electron chi connectivity index (χ0n) is 20.2. The SMILES string of the molecule is C#C[C@@](C)(Oc1ccc(Br)cc1)[C@H](NS(=O)(=O)c1ccc(C)cc1)C(=O)NCC(=O)OC(C)(C)C. The van der Waals surface area contributed by atoms with Gasteiger partial charge in [0.05, 0.1) is 4.90 Å². The van der Waals surface area contributed by atoms with Crippen LogP contribution >= 0.6 is 15.9 Å². The molecule has 0 aliphatic rings. The minimum absolute atomic E-state index is 0.0592. The van der Waals surface area contributed by atoms with Crippen LogP contribution in [-0.2, 0) is 24.3 Å². The lowest BCUT2D eigenvalue weighted by Gasteiger charge is -2.33. The molecule has 0 spiro atoms. The molecule has 0 unspecified atom stereocenters. The molecule has 1 amide bonds. The molecule has 0 bridgehead atoms. The van der Waals surface area contributed by atoms with Gasteiger partial charge in [-0.25, -0.2) is 8.42 Å². The molecule has 2 N–H and O–H groups in total. The van der Waals surface area contributed by atoms with E-state index in [0.717, 1.165) is 10.0 Å². The van der Waals surface area contributed by atoms with Crippen molar-refractivity contribution in [1.29, 1.82) is 0 Å². The number of hydrogen-bond donors (Lipinski definition) is 2. The Hall–Kier alpha value is -2.87. The quantitative estimate of drug-likeness (QED) is 0.357. The predicted molar refractivity (Wildman–Crippen MR) is 136 cm³/mol. The lowest BCUT2D eigenvalue weighted by Crippen LogP contribution is -2.61. The van der Waals surface area contributed by atoms with E-state index in [1.54, 1.807) is 57.2 Å². The first-order valence-corrected chi connectivity index (χ1v) is 12.9. The van der Waals surface area contributed by atoms with Crippen molar-refractivity contribution in [3.05, 3.63) is 58.6 Å². The molecular weight excluding hydrogens is 536 g/mol. The van der Waals surface area contributed by atoms with Crippen LogP contribution < -0.4 is 14.8 Å². The molecule has 0 aliphatic carbocycles. The van der Waals surface area contributed by atoms with E-state index >= 15 is 0 Å². The second-order valence-electron chi connectivity index (χ2n) is 8.98. The molecule has 2 aromatic rings. The van der Waals surface area contributed by atoms with Gasteiger partial charge in [-0.2, -0.15) is 4.72 Å². The Balaban J connectivity index is 2.38. The topological polar surface area (TPSA) is 111 Å². The number of esters is 1. The molecule has 0 saturated heterocycles. The van der Waals surface area contributed by atoms with E-state index < -0.39 is 45.7 Å². The fourth-order valence-corrected chi connectivity index (χ4v) is 4.45. The minimum Gasteiger partial charge on any atom is -0.473 e. The van der Waals surface area contributed by atoms with Gasteiger partial charge in [0.15, 0.2) is 11.6 Å². The predicted octanol–water partition coefficient (Wildman–Crippen LogP) is 3.33. The summed E-state index contributed by atoms with van der Waals surface area (Å²) in [5.74, 6) is 1.16. The van der Waals surface area contributed by atoms with Crippen LogP contribution in [-0.4, -0.2) is 44.1 Å². The Morgan fingerprint density at radius 1 is 1.06 bits per heavy atom. The maximum absolute atomic E-state index is 13.2. The number of nitrogens with one attached hydrogen (secondary N) is 2. The zero-order valence-corrected chi connectivity index (χ0v) is 22.6. The van der Waals surface area contributed by atoms with Gasteiger partial charge in [-0.3, -0.25) is 9.59 Å². The fraction of sp³-hybridized carbons (Fsp3) is 0.360. The van der Waals surface area contributed by atoms with Gasteiger partial charge in [-0.05, 0) is 71.0 Å². The van der Waals surface area contributed by atoms with Crippen LogP contribution in [0.2, 0.25) is 0 Å². The molecule has 0 saturated carbocycles. The highest BCUT2D eigenvalue weighted by atomic mass is 79.9. The Kier molecular flexibility index (Phi) is 9.11. The van der Waals surface area contributed by atoms with Crippen LogP contribution in [0.15, 0.2) is 57.9 Å². The van der Waals surface area contributed by atoms with E-state index in [0.29, 0.717) is 5.75 Å². The number of benzene rings is 2. The van der Waals surface area contributed by atoms with E-state index in [1.807, 2.05) is 6.92 Å². The summed E-state index contributed by atoms with van der Waals surface area (Å²) < 4.78 is 40.5. The molecule has 0 radical (unpaired) electrons. The Morgan fingerprint density at radius 2 is 1.63 bits per heavy atom. The number of aryl methyl sites for hydroxylation is 1. The van der Waals surface area contributed by atoms with Crippen molar-refractivity contribution in [3.63, 3.8) is 0 Å². The molecule has 0 aliphatic heterocycles. The van der Waals surface area contributed by atoms with Gasteiger partial charge in [-0.15, -0.1) is 6.42 Å². The van der Waals surface area contributed by atoms with Crippen molar-refractivity contribution in [2.75, 3.05) is 6.54 Å². The lowest BCUT2D eigenvalue weighted by atomic mass is 9.97. The van der Waals surface area contributed by atoms with Gasteiger partial charge < -0.3 is 14.8 Å². The molecule has 0 aromatic heterocycles. The van der Waals surface area contributed by atoms with E-state index in [-0.39, 0.29) is 4.90 Å². The van der Waals surface area contributed by atoms with E-state index in [9.17, 15) is 18.0 Å². The number of amides is 1. The highest BCUT2D eigenvalue weighted by molar-refractivity contribution is 9.10. The normalized spacial score (nSPS) is 14.2. The Morgan fingerprint density at radius 3 is 2.14 bits per heavy atom. The third-order valence-electron chi connectivity index (χ3n) is 4.67. The maximum atomic E-state index is 13.2. The Labute approximate surface area is 215 Å². The summed E-state index contributed by atoms with van der Waals surface area (Å²) >= 11 is 3.32. The van der Waals surface area contributed by atoms with Crippen LogP contribution in [0.4, 0.5) is 0 Å². The van der Waals surface area contributed by atoms with Crippen molar-refractivity contribution in [3.8, 4) is 18.1 Å². The summed E-state index contributed by atoms with van der Waals surface area (Å²) in [6.07, 6.45) is 5.75. The molecule has 2 rings (SSSR count). The number of rotatable bonds is 9. The van der Waals surface area contributed by atoms with Crippen LogP contribution in [0.1, 0.15) is 33.3 Å². The average molecular weight is 565 g/mol. The fourth-order valence-electron chi connectivity index (χ4n) is 2.91. The van der Waals surface area contributed by atoms with Gasteiger partial charge in [0.25, 0.3) is 0 Å². The van der Waals surface area contributed by atoms with Crippen molar-refractivity contribution in [2.45, 2.75) is 56.8 Å². The molecular formula is C25H29BrN2O6S. The highest BCUT2D eigenvalue weighted by Gasteiger charge is 2.43. The third-order valence-corrected chi connectivity index (χ3v) is 6.64. The molecule has 2 aromatic carbocycles. The molecule has 2 atom stereocenters. The summed E-state index contributed by atoms with van der Waals surface area (Å²) in [4.78, 5) is 25.3. The number of sulfonamides is 1. The summed E-state index contributed by atoms with van der Waals surface area (Å²) in [5.41, 5.74) is -1.65. The Bertz CT molecular complexity index is 1200. The van der Waals surface area contributed by atoms with Crippen molar-refractivity contribution >= 4 is 37.8 Å². The van der Waals surface area contributed by atoms with Gasteiger partial charge >= 0.3 is 5.97 Å². The largest absolute Gasteiger partial charge is 0.473 e. The standard InChI is InChI=1S/C25H29BrN2O6S/c1-7-25(6,33-19-12-10-18(26)11-13-19)22(23(30)27-16-21(29)34-24(3,4)5)28-35(31,32)20-14-8-17(2)9-15-20/h1,8-15,22,28H,16H2,2-6H3,(H,27,30)/t22-,25-/m1/s1. The molecule has 8 nitrogen and oxygen atoms in total. The van der Waals surface area contributed by atoms with E-state index in [2.05, 4.69) is 31.9 Å². The van der Waals surface area contributed by atoms with E-state index in [1.165, 1.54) is 19.1 Å². The monoisotopic (exact) mass is 564 g/mol. The average Bonchev–Trinajstić information content (AvgIpc) is 2.76. The molecule has 0 heterocycles. The summed E-state index contributed by atoms with van der Waals surface area (Å²) in [6, 6.07) is 11.1. The zero-order chi connectivity index (χ0) is 26.4. The number of ether oxygens (including phenoxy) is 2. The van der Waals surface area contributed by atoms with Crippen LogP contribution in [0.3, 0.4) is 0 Å². The number of carbonyl (C=O) groups is 2. The summed E-state index contributed by atoms with van der Waals surface area (Å²) in [6.45, 7) is 7.80. The third kappa shape index (κ3) is 8.38. The van der Waals surface area contributed by atoms with Gasteiger partial charge in [0.2, 0.25) is 15.9 Å². The number of hydrogen-bond acceptors (Lipinski definition) is 6. The molecule has 10 heteroatoms. The number of carbonyl (C=O) groups excluding carboxylic acids is 2. The van der Waals surface area contributed by atoms with Crippen LogP contribution in [0.25, 0.3) is 0 Å². The second kappa shape index (κ2) is 11.2. The minimum atomic E-state index is -4.19. The van der Waals surface area contributed by atoms with Crippen molar-refractivity contribution in [2.24, 2.45) is 0 Å². The molecule has 0 fully saturated rings. The summed E-state index contributed by atoms with van der Waals surface area (Å²) in [5, 5.41) is 2.40. The highest BCUT2D eigenvalue weighted by Crippen LogP contribution is 2.25. The van der Waals surface area contributed by atoms with Crippen LogP contribution in [0, 0.1) is 19.3 Å². The van der Waals surface area contributed by atoms with Gasteiger partial charge in [-0.1, -0.05) is 39.5 Å². The molecule has 188 valence electrons. The first kappa shape index (κ1) is 28.4. The lowest BCUT2D eigenvalue weighted by molar-refractivity contribution is -0.154. The number of halogens is 1. The van der Waals surface area contributed by atoms with Gasteiger partial charge in [0.1, 0.15) is 17.9 Å². The van der Waals surface area contributed by atoms with Gasteiger partial charge in [0, 0.05) is 4.47 Å². The first-order chi connectivity index (χ1) is 16.1. The van der Waals surface area contributed by atoms with Crippen molar-refractivity contribution in [1.82, 2.24) is 10.0 Å². The molecule has 35 heavy (non-hydrogen) atoms. The number of terminal acetylenes is 1. The van der Waals surface area contributed by atoms with Crippen molar-refractivity contribution < 1.29 is 27.5 Å². The van der Waals surface area contributed by atoms with Crippen LogP contribution in [0.5, 0.6) is 5.75 Å². The van der Waals surface area contributed by atoms with E-state index in [4.69, 9.17) is 15.9 Å². The summed E-state index contributed by atoms with van der Waals surface area (Å²) in [7, 11) is -4.19. The first-order valence-electron chi connectivity index (χ1n) is 10.7. The smallest absolute Gasteiger partial charge is 0.325 e.